The molecule has 4 heteroatoms. The molecule has 19 heavy (non-hydrogen) atoms. The minimum absolute atomic E-state index is 0.661. The van der Waals surface area contributed by atoms with Crippen LogP contribution in [0.2, 0.25) is 0 Å². The number of methoxy groups -OCH3 is 1. The monoisotopic (exact) mass is 263 g/mol. The van der Waals surface area contributed by atoms with Gasteiger partial charge in [-0.3, -0.25) is 0 Å². The molecule has 4 nitrogen and oxygen atoms in total. The van der Waals surface area contributed by atoms with Crippen LogP contribution in [0.3, 0.4) is 0 Å². The van der Waals surface area contributed by atoms with Crippen LogP contribution in [0.5, 0.6) is 0 Å². The third kappa shape index (κ3) is 4.35. The number of fused-ring (bicyclic) bond motifs is 1. The van der Waals surface area contributed by atoms with Crippen LogP contribution in [-0.4, -0.2) is 33.5 Å². The van der Waals surface area contributed by atoms with E-state index in [1.54, 1.807) is 7.11 Å². The minimum atomic E-state index is 0.661. The fourth-order valence-corrected chi connectivity index (χ4v) is 1.94. The SMILES string of the molecule is COCCOCCCNCc1coc2ccccc12. The number of nitrogens with one attached hydrogen (secondary N) is 1. The standard InChI is InChI=1S/C15H21NO3/c1-17-9-10-18-8-4-7-16-11-13-12-19-15-6-3-2-5-14(13)15/h2-3,5-6,12,16H,4,7-11H2,1H3. The van der Waals surface area contributed by atoms with E-state index >= 15 is 0 Å². The van der Waals surface area contributed by atoms with Gasteiger partial charge in [0.1, 0.15) is 5.58 Å². The molecule has 2 rings (SSSR count). The van der Waals surface area contributed by atoms with E-state index in [0.29, 0.717) is 13.2 Å². The Labute approximate surface area is 113 Å². The molecular formula is C15H21NO3. The summed E-state index contributed by atoms with van der Waals surface area (Å²) in [5, 5.41) is 4.59. The van der Waals surface area contributed by atoms with Crippen molar-refractivity contribution >= 4 is 11.0 Å². The maximum absolute atomic E-state index is 5.49. The highest BCUT2D eigenvalue weighted by Crippen LogP contribution is 2.20. The zero-order valence-corrected chi connectivity index (χ0v) is 11.4. The van der Waals surface area contributed by atoms with Crippen molar-refractivity contribution in [3.63, 3.8) is 0 Å². The Morgan fingerprint density at radius 2 is 2.05 bits per heavy atom. The highest BCUT2D eigenvalue weighted by atomic mass is 16.5. The summed E-state index contributed by atoms with van der Waals surface area (Å²) in [6, 6.07) is 8.09. The van der Waals surface area contributed by atoms with E-state index in [1.165, 1.54) is 10.9 Å². The van der Waals surface area contributed by atoms with Gasteiger partial charge in [-0.1, -0.05) is 18.2 Å². The van der Waals surface area contributed by atoms with E-state index in [-0.39, 0.29) is 0 Å². The average molecular weight is 263 g/mol. The fraction of sp³-hybridized carbons (Fsp3) is 0.467. The van der Waals surface area contributed by atoms with E-state index in [4.69, 9.17) is 13.9 Å². The van der Waals surface area contributed by atoms with Crippen LogP contribution in [-0.2, 0) is 16.0 Å². The number of ether oxygens (including phenoxy) is 2. The van der Waals surface area contributed by atoms with E-state index in [2.05, 4.69) is 11.4 Å². The molecule has 0 saturated carbocycles. The van der Waals surface area contributed by atoms with Crippen molar-refractivity contribution in [3.05, 3.63) is 36.1 Å². The third-order valence-electron chi connectivity index (χ3n) is 2.95. The maximum atomic E-state index is 5.49. The summed E-state index contributed by atoms with van der Waals surface area (Å²) in [7, 11) is 1.68. The van der Waals surface area contributed by atoms with Gasteiger partial charge in [-0.25, -0.2) is 0 Å². The van der Waals surface area contributed by atoms with Crippen LogP contribution in [0.15, 0.2) is 34.9 Å². The molecule has 2 aromatic rings. The smallest absolute Gasteiger partial charge is 0.134 e. The summed E-state index contributed by atoms with van der Waals surface area (Å²) in [4.78, 5) is 0. The molecule has 0 amide bonds. The van der Waals surface area contributed by atoms with Gasteiger partial charge in [0, 0.05) is 31.2 Å². The minimum Gasteiger partial charge on any atom is -0.464 e. The van der Waals surface area contributed by atoms with Crippen molar-refractivity contribution in [2.24, 2.45) is 0 Å². The molecule has 0 bridgehead atoms. The van der Waals surface area contributed by atoms with Crippen molar-refractivity contribution in [3.8, 4) is 0 Å². The normalized spacial score (nSPS) is 11.2. The Bertz CT molecular complexity index is 481. The van der Waals surface area contributed by atoms with Crippen molar-refractivity contribution in [2.75, 3.05) is 33.5 Å². The summed E-state index contributed by atoms with van der Waals surface area (Å²) in [6.45, 7) is 3.86. The first kappa shape index (κ1) is 14.1. The molecule has 0 unspecified atom stereocenters. The van der Waals surface area contributed by atoms with E-state index in [0.717, 1.165) is 31.7 Å². The lowest BCUT2D eigenvalue weighted by Gasteiger charge is -2.05. The quantitative estimate of drug-likeness (QED) is 0.706. The highest BCUT2D eigenvalue weighted by Gasteiger charge is 2.03. The van der Waals surface area contributed by atoms with Gasteiger partial charge in [-0.15, -0.1) is 0 Å². The lowest BCUT2D eigenvalue weighted by Crippen LogP contribution is -2.16. The second-order valence-corrected chi connectivity index (χ2v) is 4.39. The van der Waals surface area contributed by atoms with Gasteiger partial charge < -0.3 is 19.2 Å². The molecule has 0 spiro atoms. The molecule has 1 aromatic carbocycles. The van der Waals surface area contributed by atoms with Crippen molar-refractivity contribution < 1.29 is 13.9 Å². The number of para-hydroxylation sites is 1. The van der Waals surface area contributed by atoms with Gasteiger partial charge >= 0.3 is 0 Å². The number of hydrogen-bond acceptors (Lipinski definition) is 4. The average Bonchev–Trinajstić information content (AvgIpc) is 2.85. The van der Waals surface area contributed by atoms with Crippen LogP contribution in [0.1, 0.15) is 12.0 Å². The van der Waals surface area contributed by atoms with Gasteiger partial charge in [0.25, 0.3) is 0 Å². The van der Waals surface area contributed by atoms with Crippen LogP contribution in [0, 0.1) is 0 Å². The summed E-state index contributed by atoms with van der Waals surface area (Å²) in [5.74, 6) is 0. The van der Waals surface area contributed by atoms with Gasteiger partial charge in [-0.2, -0.15) is 0 Å². The topological polar surface area (TPSA) is 43.6 Å². The zero-order valence-electron chi connectivity index (χ0n) is 11.4. The van der Waals surface area contributed by atoms with Gasteiger partial charge in [0.2, 0.25) is 0 Å². The summed E-state index contributed by atoms with van der Waals surface area (Å²) in [5.41, 5.74) is 2.15. The Morgan fingerprint density at radius 3 is 2.95 bits per heavy atom. The largest absolute Gasteiger partial charge is 0.464 e. The molecule has 1 N–H and O–H groups in total. The molecule has 0 radical (unpaired) electrons. The van der Waals surface area contributed by atoms with E-state index in [9.17, 15) is 0 Å². The number of benzene rings is 1. The van der Waals surface area contributed by atoms with E-state index < -0.39 is 0 Å². The molecule has 0 atom stereocenters. The summed E-state index contributed by atoms with van der Waals surface area (Å²) >= 11 is 0. The Morgan fingerprint density at radius 1 is 1.16 bits per heavy atom. The lowest BCUT2D eigenvalue weighted by atomic mass is 10.2. The molecule has 0 aliphatic carbocycles. The van der Waals surface area contributed by atoms with Gasteiger partial charge in [0.05, 0.1) is 19.5 Å². The molecule has 1 aromatic heterocycles. The molecule has 104 valence electrons. The van der Waals surface area contributed by atoms with Gasteiger partial charge in [-0.05, 0) is 19.0 Å². The first-order valence-corrected chi connectivity index (χ1v) is 6.64. The molecule has 0 saturated heterocycles. The molecule has 0 fully saturated rings. The Kier molecular flexibility index (Phi) is 5.88. The maximum Gasteiger partial charge on any atom is 0.134 e. The number of hydrogen-bond donors (Lipinski definition) is 1. The molecule has 1 heterocycles. The predicted octanol–water partition coefficient (Wildman–Crippen LogP) is 2.58. The first-order chi connectivity index (χ1) is 9.42. The Balaban J connectivity index is 1.63. The molecule has 0 aliphatic heterocycles. The number of furan rings is 1. The van der Waals surface area contributed by atoms with Gasteiger partial charge in [0.15, 0.2) is 0 Å². The van der Waals surface area contributed by atoms with Crippen LogP contribution in [0.4, 0.5) is 0 Å². The molecule has 0 aliphatic rings. The summed E-state index contributed by atoms with van der Waals surface area (Å²) in [6.07, 6.45) is 2.83. The van der Waals surface area contributed by atoms with Crippen LogP contribution in [0.25, 0.3) is 11.0 Å². The van der Waals surface area contributed by atoms with Crippen molar-refractivity contribution in [1.29, 1.82) is 0 Å². The predicted molar refractivity (Wildman–Crippen MR) is 75.2 cm³/mol. The summed E-state index contributed by atoms with van der Waals surface area (Å²) < 4.78 is 15.8. The zero-order chi connectivity index (χ0) is 13.3. The lowest BCUT2D eigenvalue weighted by molar-refractivity contribution is 0.0695. The molecular weight excluding hydrogens is 242 g/mol. The first-order valence-electron chi connectivity index (χ1n) is 6.64. The van der Waals surface area contributed by atoms with Crippen molar-refractivity contribution in [2.45, 2.75) is 13.0 Å². The highest BCUT2D eigenvalue weighted by molar-refractivity contribution is 5.80. The fourth-order valence-electron chi connectivity index (χ4n) is 1.94. The number of rotatable bonds is 9. The Hall–Kier alpha value is -1.36. The third-order valence-corrected chi connectivity index (χ3v) is 2.95. The van der Waals surface area contributed by atoms with E-state index in [1.807, 2.05) is 24.5 Å². The van der Waals surface area contributed by atoms with Crippen LogP contribution >= 0.6 is 0 Å². The van der Waals surface area contributed by atoms with Crippen molar-refractivity contribution in [1.82, 2.24) is 5.32 Å². The second kappa shape index (κ2) is 7.94. The van der Waals surface area contributed by atoms with Crippen LogP contribution < -0.4 is 5.32 Å². The second-order valence-electron chi connectivity index (χ2n) is 4.39.